The summed E-state index contributed by atoms with van der Waals surface area (Å²) in [5.74, 6) is -0.117. The zero-order chi connectivity index (χ0) is 15.7. The number of hydrogen-bond acceptors (Lipinski definition) is 4. The quantitative estimate of drug-likeness (QED) is 0.266. The molecule has 0 aromatic heterocycles. The van der Waals surface area contributed by atoms with Crippen molar-refractivity contribution in [2.24, 2.45) is 0 Å². The van der Waals surface area contributed by atoms with E-state index in [0.29, 0.717) is 23.7 Å². The number of benzene rings is 1. The highest BCUT2D eigenvalue weighted by Crippen LogP contribution is 2.12. The van der Waals surface area contributed by atoms with Crippen LogP contribution in [-0.4, -0.2) is 24.1 Å². The Morgan fingerprint density at radius 1 is 1.43 bits per heavy atom. The van der Waals surface area contributed by atoms with Gasteiger partial charge in [0.1, 0.15) is 11.6 Å². The predicted molar refractivity (Wildman–Crippen MR) is 82.1 cm³/mol. The maximum atomic E-state index is 11.9. The highest BCUT2D eigenvalue weighted by Gasteiger charge is 2.10. The van der Waals surface area contributed by atoms with Crippen molar-refractivity contribution in [2.75, 3.05) is 17.7 Å². The molecule has 0 aliphatic rings. The molecular formula is C15H16ClN3O2. The van der Waals surface area contributed by atoms with E-state index >= 15 is 0 Å². The summed E-state index contributed by atoms with van der Waals surface area (Å²) < 4.78 is 0. The number of nitrogens with one attached hydrogen (secondary N) is 2. The number of hydrogen-bond donors (Lipinski definition) is 2. The molecule has 0 fully saturated rings. The largest absolute Gasteiger partial charge is 0.390 e. The Bertz CT molecular complexity index is 591. The van der Waals surface area contributed by atoms with Gasteiger partial charge in [-0.3, -0.25) is 9.59 Å². The molecule has 0 unspecified atom stereocenters. The van der Waals surface area contributed by atoms with E-state index in [1.54, 1.807) is 24.3 Å². The van der Waals surface area contributed by atoms with Crippen molar-refractivity contribution in [3.8, 4) is 6.07 Å². The summed E-state index contributed by atoms with van der Waals surface area (Å²) in [5, 5.41) is 14.4. The van der Waals surface area contributed by atoms with Crippen LogP contribution in [-0.2, 0) is 4.79 Å². The normalized spacial score (nSPS) is 10.6. The number of rotatable bonds is 7. The van der Waals surface area contributed by atoms with Gasteiger partial charge in [-0.1, -0.05) is 12.1 Å². The average molecular weight is 306 g/mol. The molecule has 1 rings (SSSR count). The van der Waals surface area contributed by atoms with Crippen molar-refractivity contribution in [3.05, 3.63) is 41.6 Å². The van der Waals surface area contributed by atoms with Crippen LogP contribution in [0.1, 0.15) is 23.7 Å². The molecule has 110 valence electrons. The summed E-state index contributed by atoms with van der Waals surface area (Å²) in [6.45, 7) is 2.03. The number of nitrogens with zero attached hydrogens (tertiary/aromatic N) is 1. The summed E-state index contributed by atoms with van der Waals surface area (Å²) >= 11 is 5.53. The van der Waals surface area contributed by atoms with Gasteiger partial charge in [-0.25, -0.2) is 0 Å². The Balaban J connectivity index is 2.72. The second-order valence-electron chi connectivity index (χ2n) is 4.26. The molecule has 0 aliphatic heterocycles. The zero-order valence-electron chi connectivity index (χ0n) is 11.6. The molecule has 0 atom stereocenters. The Hall–Kier alpha value is -2.32. The molecule has 1 aromatic rings. The van der Waals surface area contributed by atoms with Crippen molar-refractivity contribution in [1.29, 1.82) is 5.26 Å². The number of carbonyl (C=O) groups is 2. The van der Waals surface area contributed by atoms with Crippen molar-refractivity contribution in [2.45, 2.75) is 13.3 Å². The second-order valence-corrected chi connectivity index (χ2v) is 4.64. The predicted octanol–water partition coefficient (Wildman–Crippen LogP) is 2.45. The first kappa shape index (κ1) is 16.7. The molecule has 21 heavy (non-hydrogen) atoms. The maximum Gasteiger partial charge on any atom is 0.267 e. The van der Waals surface area contributed by atoms with Gasteiger partial charge in [-0.05, 0) is 25.5 Å². The van der Waals surface area contributed by atoms with Gasteiger partial charge in [0.2, 0.25) is 0 Å². The Labute approximate surface area is 128 Å². The molecule has 0 saturated carbocycles. The molecule has 0 bridgehead atoms. The summed E-state index contributed by atoms with van der Waals surface area (Å²) in [6, 6.07) is 8.37. The van der Waals surface area contributed by atoms with Crippen LogP contribution in [0.2, 0.25) is 0 Å². The van der Waals surface area contributed by atoms with E-state index in [2.05, 4.69) is 10.6 Å². The first-order valence-electron chi connectivity index (χ1n) is 6.40. The second kappa shape index (κ2) is 8.77. The number of amides is 1. The molecule has 0 aliphatic carbocycles. The minimum atomic E-state index is -0.531. The van der Waals surface area contributed by atoms with E-state index in [9.17, 15) is 9.59 Å². The lowest BCUT2D eigenvalue weighted by Gasteiger charge is -2.06. The van der Waals surface area contributed by atoms with Crippen LogP contribution in [0.4, 0.5) is 5.69 Å². The van der Waals surface area contributed by atoms with E-state index in [4.69, 9.17) is 16.9 Å². The number of Topliss-reactive ketones (excluding diaryl/α,β-unsaturated/α-hetero) is 1. The molecular weight excluding hydrogens is 290 g/mol. The lowest BCUT2D eigenvalue weighted by Crippen LogP contribution is -2.17. The van der Waals surface area contributed by atoms with Gasteiger partial charge < -0.3 is 10.6 Å². The van der Waals surface area contributed by atoms with E-state index in [1.807, 2.05) is 6.07 Å². The van der Waals surface area contributed by atoms with Crippen LogP contribution in [0.15, 0.2) is 36.0 Å². The van der Waals surface area contributed by atoms with Crippen LogP contribution in [0.5, 0.6) is 0 Å². The van der Waals surface area contributed by atoms with Crippen molar-refractivity contribution < 1.29 is 9.59 Å². The van der Waals surface area contributed by atoms with E-state index in [0.717, 1.165) is 6.42 Å². The van der Waals surface area contributed by atoms with Gasteiger partial charge in [0.05, 0.1) is 0 Å². The number of carbonyl (C=O) groups excluding carboxylic acids is 2. The average Bonchev–Trinajstić information content (AvgIpc) is 2.47. The Morgan fingerprint density at radius 3 is 2.81 bits per heavy atom. The molecule has 0 heterocycles. The molecule has 0 saturated heterocycles. The zero-order valence-corrected chi connectivity index (χ0v) is 12.4. The van der Waals surface area contributed by atoms with Crippen LogP contribution < -0.4 is 10.6 Å². The van der Waals surface area contributed by atoms with Crippen LogP contribution in [0.25, 0.3) is 0 Å². The third-order valence-corrected chi connectivity index (χ3v) is 2.86. The fourth-order valence-corrected chi connectivity index (χ4v) is 1.64. The molecule has 5 nitrogen and oxygen atoms in total. The molecule has 0 radical (unpaired) electrons. The van der Waals surface area contributed by atoms with Crippen molar-refractivity contribution in [3.63, 3.8) is 0 Å². The fourth-order valence-electron chi connectivity index (χ4n) is 1.51. The number of halogens is 1. The summed E-state index contributed by atoms with van der Waals surface area (Å²) in [6.07, 6.45) is 2.09. The number of anilines is 1. The van der Waals surface area contributed by atoms with Gasteiger partial charge in [0.25, 0.3) is 5.91 Å². The molecule has 0 spiro atoms. The van der Waals surface area contributed by atoms with Gasteiger partial charge in [0, 0.05) is 29.9 Å². The van der Waals surface area contributed by atoms with Crippen molar-refractivity contribution >= 4 is 29.0 Å². The van der Waals surface area contributed by atoms with Crippen LogP contribution in [0, 0.1) is 11.3 Å². The van der Waals surface area contributed by atoms with Crippen LogP contribution in [0.3, 0.4) is 0 Å². The minimum absolute atomic E-state index is 0.0437. The minimum Gasteiger partial charge on any atom is -0.390 e. The first-order valence-corrected chi connectivity index (χ1v) is 6.94. The number of alkyl halides is 1. The lowest BCUT2D eigenvalue weighted by molar-refractivity contribution is -0.112. The van der Waals surface area contributed by atoms with Gasteiger partial charge in [0.15, 0.2) is 5.78 Å². The number of nitriles is 1. The Morgan fingerprint density at radius 2 is 2.19 bits per heavy atom. The monoisotopic (exact) mass is 305 g/mol. The third kappa shape index (κ3) is 5.67. The molecule has 1 aromatic carbocycles. The van der Waals surface area contributed by atoms with Gasteiger partial charge in [-0.15, -0.1) is 11.6 Å². The first-order chi connectivity index (χ1) is 10.1. The fraction of sp³-hybridized carbons (Fsp3) is 0.267. The lowest BCUT2D eigenvalue weighted by atomic mass is 10.1. The topological polar surface area (TPSA) is 82.0 Å². The summed E-state index contributed by atoms with van der Waals surface area (Å²) in [7, 11) is 0. The Kier molecular flexibility index (Phi) is 6.99. The van der Waals surface area contributed by atoms with Gasteiger partial charge >= 0.3 is 0 Å². The van der Waals surface area contributed by atoms with Gasteiger partial charge in [-0.2, -0.15) is 5.26 Å². The van der Waals surface area contributed by atoms with E-state index < -0.39 is 5.91 Å². The highest BCUT2D eigenvalue weighted by molar-refractivity contribution is 6.17. The third-order valence-electron chi connectivity index (χ3n) is 2.59. The molecule has 2 N–H and O–H groups in total. The van der Waals surface area contributed by atoms with E-state index in [-0.39, 0.29) is 11.4 Å². The summed E-state index contributed by atoms with van der Waals surface area (Å²) in [5.41, 5.74) is 0.919. The molecule has 1 amide bonds. The highest BCUT2D eigenvalue weighted by atomic mass is 35.5. The standard InChI is InChI=1S/C15H16ClN3O2/c1-11(20)12-4-2-5-14(8-12)19-15(21)13(9-17)10-18-7-3-6-16/h2,4-5,8,10,18H,3,6-7H2,1H3,(H,19,21)/b13-10-. The maximum absolute atomic E-state index is 11.9. The van der Waals surface area contributed by atoms with Crippen molar-refractivity contribution in [1.82, 2.24) is 5.32 Å². The summed E-state index contributed by atoms with van der Waals surface area (Å²) in [4.78, 5) is 23.2. The SMILES string of the molecule is CC(=O)c1cccc(NC(=O)/C(C#N)=C\NCCCCl)c1. The smallest absolute Gasteiger partial charge is 0.267 e. The molecule has 6 heteroatoms. The number of ketones is 1. The van der Waals surface area contributed by atoms with E-state index in [1.165, 1.54) is 13.1 Å². The van der Waals surface area contributed by atoms with Crippen LogP contribution >= 0.6 is 11.6 Å².